The first-order chi connectivity index (χ1) is 14.4. The largest absolute Gasteiger partial charge is 0.361 e. The Bertz CT molecular complexity index is 1140. The summed E-state index contributed by atoms with van der Waals surface area (Å²) in [6.07, 6.45) is 0.978. The van der Waals surface area contributed by atoms with E-state index in [1.807, 2.05) is 31.2 Å². The maximum absolute atomic E-state index is 13.2. The van der Waals surface area contributed by atoms with Gasteiger partial charge in [0.05, 0.1) is 22.5 Å². The molecule has 1 N–H and O–H groups in total. The Morgan fingerprint density at radius 1 is 1.10 bits per heavy atom. The molecule has 1 aliphatic heterocycles. The number of dihydropyridines is 1. The third kappa shape index (κ3) is 3.49. The van der Waals surface area contributed by atoms with Crippen molar-refractivity contribution in [3.63, 3.8) is 0 Å². The maximum atomic E-state index is 13.2. The number of carbonyl (C=O) groups excluding carboxylic acids is 1. The number of benzene rings is 2. The Hall–Kier alpha value is -3.43. The lowest BCUT2D eigenvalue weighted by Gasteiger charge is -2.35. The molecule has 2 aliphatic rings. The number of nitrogens with one attached hydrogen (secondary N) is 1. The highest BCUT2D eigenvalue weighted by molar-refractivity contribution is 6.30. The number of hydrogen-bond donors (Lipinski definition) is 1. The number of allylic oxidation sites excluding steroid dienone is 4. The van der Waals surface area contributed by atoms with E-state index in [1.54, 1.807) is 12.1 Å². The lowest BCUT2D eigenvalue weighted by atomic mass is 9.72. The summed E-state index contributed by atoms with van der Waals surface area (Å²) in [5, 5.41) is 24.7. The van der Waals surface area contributed by atoms with Gasteiger partial charge in [-0.15, -0.1) is 0 Å². The first kappa shape index (κ1) is 19.9. The molecule has 0 bridgehead atoms. The van der Waals surface area contributed by atoms with Gasteiger partial charge in [-0.1, -0.05) is 35.9 Å². The summed E-state index contributed by atoms with van der Waals surface area (Å²) in [6.45, 7) is 1.82. The predicted molar refractivity (Wildman–Crippen MR) is 113 cm³/mol. The highest BCUT2D eigenvalue weighted by Crippen LogP contribution is 2.45. The fraction of sp³-hybridized carbons (Fsp3) is 0.217. The molecular formula is C23H18ClN3O3. The molecule has 150 valence electrons. The number of carbonyl (C=O) groups is 1. The van der Waals surface area contributed by atoms with Gasteiger partial charge >= 0.3 is 0 Å². The fourth-order valence-corrected chi connectivity index (χ4v) is 4.41. The molecule has 0 spiro atoms. The number of ketones is 1. The molecule has 2 atom stereocenters. The van der Waals surface area contributed by atoms with E-state index in [-0.39, 0.29) is 17.4 Å². The smallest absolute Gasteiger partial charge is 0.269 e. The van der Waals surface area contributed by atoms with Crippen LogP contribution in [0.4, 0.5) is 5.69 Å². The molecule has 6 nitrogen and oxygen atoms in total. The molecule has 4 rings (SSSR count). The average molecular weight is 420 g/mol. The van der Waals surface area contributed by atoms with Crippen LogP contribution >= 0.6 is 11.6 Å². The van der Waals surface area contributed by atoms with Crippen LogP contribution in [0.15, 0.2) is 71.1 Å². The normalized spacial score (nSPS) is 21.0. The molecule has 30 heavy (non-hydrogen) atoms. The van der Waals surface area contributed by atoms with E-state index < -0.39 is 10.8 Å². The van der Waals surface area contributed by atoms with Crippen LogP contribution < -0.4 is 5.32 Å². The molecular weight excluding hydrogens is 402 g/mol. The standard InChI is InChI=1S/C23H18ClN3O3/c1-13-19(12-25)22(15-4-8-18(9-5-15)27(29)30)23-20(26-13)10-16(11-21(23)28)14-2-6-17(24)7-3-14/h2-9,16,22,26H,10-11H2,1H3/t16-,22+/m0/s1. The number of non-ortho nitro benzene ring substituents is 1. The van der Waals surface area contributed by atoms with Crippen molar-refractivity contribution in [1.29, 1.82) is 5.26 Å². The van der Waals surface area contributed by atoms with Crippen molar-refractivity contribution in [2.24, 2.45) is 0 Å². The lowest BCUT2D eigenvalue weighted by Crippen LogP contribution is -2.33. The topological polar surface area (TPSA) is 96.0 Å². The molecule has 7 heteroatoms. The second kappa shape index (κ2) is 7.77. The summed E-state index contributed by atoms with van der Waals surface area (Å²) < 4.78 is 0. The van der Waals surface area contributed by atoms with Gasteiger partial charge in [0, 0.05) is 40.5 Å². The van der Waals surface area contributed by atoms with Crippen molar-refractivity contribution in [3.05, 3.63) is 97.3 Å². The van der Waals surface area contributed by atoms with Gasteiger partial charge in [-0.25, -0.2) is 0 Å². The van der Waals surface area contributed by atoms with Crippen molar-refractivity contribution >= 4 is 23.1 Å². The number of hydrogen-bond acceptors (Lipinski definition) is 5. The third-order valence-electron chi connectivity index (χ3n) is 5.73. The van der Waals surface area contributed by atoms with Gasteiger partial charge in [-0.2, -0.15) is 5.26 Å². The van der Waals surface area contributed by atoms with Gasteiger partial charge in [-0.3, -0.25) is 14.9 Å². The number of nitro benzene ring substituents is 1. The minimum absolute atomic E-state index is 0.0210. The highest BCUT2D eigenvalue weighted by atomic mass is 35.5. The zero-order chi connectivity index (χ0) is 21.4. The molecule has 0 saturated carbocycles. The second-order valence-corrected chi connectivity index (χ2v) is 7.97. The van der Waals surface area contributed by atoms with E-state index in [4.69, 9.17) is 11.6 Å². The minimum Gasteiger partial charge on any atom is -0.361 e. The number of halogens is 1. The van der Waals surface area contributed by atoms with E-state index in [2.05, 4.69) is 11.4 Å². The number of rotatable bonds is 3. The Morgan fingerprint density at radius 3 is 2.33 bits per heavy atom. The Morgan fingerprint density at radius 2 is 1.73 bits per heavy atom. The Balaban J connectivity index is 1.76. The number of nitro groups is 1. The molecule has 0 aromatic heterocycles. The molecule has 0 fully saturated rings. The van der Waals surface area contributed by atoms with Crippen molar-refractivity contribution in [2.45, 2.75) is 31.6 Å². The van der Waals surface area contributed by atoms with Crippen molar-refractivity contribution in [1.82, 2.24) is 5.32 Å². The van der Waals surface area contributed by atoms with Crippen LogP contribution in [0.5, 0.6) is 0 Å². The SMILES string of the molecule is CC1=C(C#N)[C@@H](c2ccc([N+](=O)[O-])cc2)C2=C(C[C@H](c3ccc(Cl)cc3)CC2=O)N1. The van der Waals surface area contributed by atoms with E-state index >= 15 is 0 Å². The zero-order valence-corrected chi connectivity index (χ0v) is 16.9. The second-order valence-electron chi connectivity index (χ2n) is 7.53. The van der Waals surface area contributed by atoms with Crippen LogP contribution in [0, 0.1) is 21.4 Å². The lowest BCUT2D eigenvalue weighted by molar-refractivity contribution is -0.384. The van der Waals surface area contributed by atoms with Crippen LogP contribution in [-0.2, 0) is 4.79 Å². The van der Waals surface area contributed by atoms with E-state index in [9.17, 15) is 20.2 Å². The quantitative estimate of drug-likeness (QED) is 0.549. The molecule has 0 amide bonds. The van der Waals surface area contributed by atoms with Gasteiger partial charge in [0.1, 0.15) is 0 Å². The molecule has 2 aromatic rings. The van der Waals surface area contributed by atoms with Gasteiger partial charge in [-0.05, 0) is 42.5 Å². The Kier molecular flexibility index (Phi) is 5.15. The monoisotopic (exact) mass is 419 g/mol. The van der Waals surface area contributed by atoms with E-state index in [0.717, 1.165) is 11.3 Å². The van der Waals surface area contributed by atoms with Crippen LogP contribution in [0.1, 0.15) is 42.7 Å². The summed E-state index contributed by atoms with van der Waals surface area (Å²) in [6, 6.07) is 15.8. The molecule has 0 unspecified atom stereocenters. The van der Waals surface area contributed by atoms with Crippen LogP contribution in [0.25, 0.3) is 0 Å². The highest BCUT2D eigenvalue weighted by Gasteiger charge is 2.39. The fourth-order valence-electron chi connectivity index (χ4n) is 4.28. The van der Waals surface area contributed by atoms with Crippen molar-refractivity contribution < 1.29 is 9.72 Å². The van der Waals surface area contributed by atoms with Gasteiger partial charge < -0.3 is 5.32 Å². The number of Topliss-reactive ketones (excluding diaryl/α,β-unsaturated/α-hetero) is 1. The van der Waals surface area contributed by atoms with Crippen molar-refractivity contribution in [2.75, 3.05) is 0 Å². The predicted octanol–water partition coefficient (Wildman–Crippen LogP) is 5.13. The molecule has 0 radical (unpaired) electrons. The summed E-state index contributed by atoms with van der Waals surface area (Å²) in [4.78, 5) is 23.8. The Labute approximate surface area is 178 Å². The van der Waals surface area contributed by atoms with Gasteiger partial charge in [0.2, 0.25) is 0 Å². The summed E-state index contributed by atoms with van der Waals surface area (Å²) >= 11 is 5.99. The van der Waals surface area contributed by atoms with Crippen LogP contribution in [-0.4, -0.2) is 10.7 Å². The molecule has 2 aromatic carbocycles. The summed E-state index contributed by atoms with van der Waals surface area (Å²) in [5.41, 5.74) is 4.26. The van der Waals surface area contributed by atoms with E-state index in [0.29, 0.717) is 40.3 Å². The molecule has 1 heterocycles. The summed E-state index contributed by atoms with van der Waals surface area (Å²) in [5.74, 6) is -0.520. The minimum atomic E-state index is -0.522. The molecule has 0 saturated heterocycles. The van der Waals surface area contributed by atoms with Crippen LogP contribution in [0.2, 0.25) is 5.02 Å². The van der Waals surface area contributed by atoms with E-state index in [1.165, 1.54) is 12.1 Å². The number of nitrogens with zero attached hydrogens (tertiary/aromatic N) is 2. The zero-order valence-electron chi connectivity index (χ0n) is 16.2. The third-order valence-corrected chi connectivity index (χ3v) is 5.98. The van der Waals surface area contributed by atoms with Crippen molar-refractivity contribution in [3.8, 4) is 6.07 Å². The first-order valence-corrected chi connectivity index (χ1v) is 9.90. The summed E-state index contributed by atoms with van der Waals surface area (Å²) in [7, 11) is 0. The molecule has 1 aliphatic carbocycles. The van der Waals surface area contributed by atoms with Crippen LogP contribution in [0.3, 0.4) is 0 Å². The first-order valence-electron chi connectivity index (χ1n) is 9.53. The maximum Gasteiger partial charge on any atom is 0.269 e. The number of nitriles is 1. The van der Waals surface area contributed by atoms with Gasteiger partial charge in [0.25, 0.3) is 5.69 Å². The van der Waals surface area contributed by atoms with Gasteiger partial charge in [0.15, 0.2) is 5.78 Å². The average Bonchev–Trinajstić information content (AvgIpc) is 2.73.